The van der Waals surface area contributed by atoms with E-state index in [2.05, 4.69) is 54.7 Å². The van der Waals surface area contributed by atoms with Gasteiger partial charge in [0.05, 0.1) is 22.6 Å². The third kappa shape index (κ3) is 4.35. The van der Waals surface area contributed by atoms with Gasteiger partial charge in [-0.1, -0.05) is 31.0 Å². The average molecular weight is 500 g/mol. The van der Waals surface area contributed by atoms with Gasteiger partial charge in [-0.25, -0.2) is 4.98 Å². The molecule has 38 heavy (non-hydrogen) atoms. The van der Waals surface area contributed by atoms with Crippen molar-refractivity contribution in [1.82, 2.24) is 35.5 Å². The zero-order valence-corrected chi connectivity index (χ0v) is 21.1. The van der Waals surface area contributed by atoms with Crippen molar-refractivity contribution in [3.8, 4) is 33.9 Å². The summed E-state index contributed by atoms with van der Waals surface area (Å²) in [6.07, 6.45) is 11.1. The van der Waals surface area contributed by atoms with Crippen LogP contribution >= 0.6 is 0 Å². The maximum absolute atomic E-state index is 5.03. The van der Waals surface area contributed by atoms with Gasteiger partial charge in [-0.3, -0.25) is 15.1 Å². The molecule has 188 valence electrons. The average Bonchev–Trinajstić information content (AvgIpc) is 3.73. The van der Waals surface area contributed by atoms with Crippen LogP contribution in [-0.4, -0.2) is 36.7 Å². The largest absolute Gasteiger partial charge is 0.353 e. The lowest BCUT2D eigenvalue weighted by Crippen LogP contribution is -2.20. The summed E-state index contributed by atoms with van der Waals surface area (Å²) in [4.78, 5) is 17.6. The first-order valence-corrected chi connectivity index (χ1v) is 13.4. The number of nitrogens with one attached hydrogen (secondary N) is 3. The molecule has 0 unspecified atom stereocenters. The molecule has 7 rings (SSSR count). The highest BCUT2D eigenvalue weighted by Gasteiger charge is 2.16. The molecule has 0 saturated heterocycles. The molecule has 6 aromatic rings. The number of rotatable bonds is 7. The van der Waals surface area contributed by atoms with E-state index in [0.29, 0.717) is 0 Å². The minimum atomic E-state index is 0.798. The van der Waals surface area contributed by atoms with E-state index in [-0.39, 0.29) is 0 Å². The molecule has 5 heterocycles. The fourth-order valence-corrected chi connectivity index (χ4v) is 5.64. The number of hydrogen-bond acceptors (Lipinski definition) is 5. The Morgan fingerprint density at radius 2 is 1.84 bits per heavy atom. The molecule has 1 aromatic carbocycles. The van der Waals surface area contributed by atoms with Crippen molar-refractivity contribution in [2.24, 2.45) is 5.92 Å². The van der Waals surface area contributed by atoms with Crippen molar-refractivity contribution in [3.05, 3.63) is 84.8 Å². The molecule has 1 saturated carbocycles. The Bertz CT molecular complexity index is 1710. The van der Waals surface area contributed by atoms with Gasteiger partial charge in [-0.2, -0.15) is 5.10 Å². The molecule has 0 amide bonds. The third-order valence-corrected chi connectivity index (χ3v) is 7.60. The summed E-state index contributed by atoms with van der Waals surface area (Å²) in [6.45, 7) is 1.91. The maximum Gasteiger partial charge on any atom is 0.135 e. The monoisotopic (exact) mass is 499 g/mol. The Labute approximate surface area is 220 Å². The fraction of sp³-hybridized carbons (Fsp3) is 0.226. The number of benzene rings is 1. The molecule has 0 atom stereocenters. The molecule has 7 nitrogen and oxygen atoms in total. The maximum atomic E-state index is 5.03. The zero-order valence-electron chi connectivity index (χ0n) is 21.1. The molecular formula is C31H29N7. The number of H-pyrrole nitrogens is 2. The van der Waals surface area contributed by atoms with E-state index in [1.165, 1.54) is 31.2 Å². The first kappa shape index (κ1) is 22.8. The van der Waals surface area contributed by atoms with E-state index in [1.807, 2.05) is 55.0 Å². The molecular weight excluding hydrogens is 470 g/mol. The Balaban J connectivity index is 1.20. The van der Waals surface area contributed by atoms with Crippen LogP contribution in [0.5, 0.6) is 0 Å². The van der Waals surface area contributed by atoms with E-state index < -0.39 is 0 Å². The number of hydrogen-bond donors (Lipinski definition) is 3. The van der Waals surface area contributed by atoms with Gasteiger partial charge in [-0.05, 0) is 73.3 Å². The van der Waals surface area contributed by atoms with E-state index in [0.717, 1.165) is 74.8 Å². The number of aromatic nitrogens is 6. The minimum absolute atomic E-state index is 0.798. The number of aromatic amines is 2. The van der Waals surface area contributed by atoms with Crippen LogP contribution in [0.25, 0.3) is 55.8 Å². The van der Waals surface area contributed by atoms with Crippen molar-refractivity contribution >= 4 is 21.9 Å². The lowest BCUT2D eigenvalue weighted by Gasteiger charge is -2.11. The summed E-state index contributed by atoms with van der Waals surface area (Å²) in [7, 11) is 0. The summed E-state index contributed by atoms with van der Waals surface area (Å²) in [5, 5.41) is 12.5. The highest BCUT2D eigenvalue weighted by atomic mass is 15.1. The predicted octanol–water partition coefficient (Wildman–Crippen LogP) is 6.51. The second kappa shape index (κ2) is 9.84. The minimum Gasteiger partial charge on any atom is -0.353 e. The number of pyridine rings is 3. The summed E-state index contributed by atoms with van der Waals surface area (Å²) in [5.41, 5.74) is 9.58. The normalized spacial score (nSPS) is 14.1. The molecule has 0 bridgehead atoms. The van der Waals surface area contributed by atoms with E-state index >= 15 is 0 Å². The second-order valence-electron chi connectivity index (χ2n) is 10.2. The molecule has 1 aliphatic rings. The quantitative estimate of drug-likeness (QED) is 0.233. The lowest BCUT2D eigenvalue weighted by molar-refractivity contribution is 0.489. The fourth-order valence-electron chi connectivity index (χ4n) is 5.64. The van der Waals surface area contributed by atoms with E-state index in [4.69, 9.17) is 4.98 Å². The van der Waals surface area contributed by atoms with Crippen LogP contribution in [0.4, 0.5) is 0 Å². The first-order valence-electron chi connectivity index (χ1n) is 13.4. The number of fused-ring (bicyclic) bond motifs is 2. The Kier molecular flexibility index (Phi) is 5.90. The van der Waals surface area contributed by atoms with Crippen molar-refractivity contribution in [1.29, 1.82) is 0 Å². The molecule has 1 aliphatic carbocycles. The highest BCUT2D eigenvalue weighted by Crippen LogP contribution is 2.33. The van der Waals surface area contributed by atoms with Gasteiger partial charge in [0.25, 0.3) is 0 Å². The van der Waals surface area contributed by atoms with Gasteiger partial charge < -0.3 is 10.3 Å². The van der Waals surface area contributed by atoms with Gasteiger partial charge in [0.2, 0.25) is 0 Å². The molecule has 7 heteroatoms. The van der Waals surface area contributed by atoms with Gasteiger partial charge in [0.15, 0.2) is 0 Å². The smallest absolute Gasteiger partial charge is 0.135 e. The van der Waals surface area contributed by atoms with Gasteiger partial charge in [-0.15, -0.1) is 0 Å². The van der Waals surface area contributed by atoms with Crippen molar-refractivity contribution in [2.45, 2.75) is 32.2 Å². The van der Waals surface area contributed by atoms with Gasteiger partial charge in [0.1, 0.15) is 11.2 Å². The van der Waals surface area contributed by atoms with E-state index in [1.54, 1.807) is 0 Å². The van der Waals surface area contributed by atoms with Crippen LogP contribution in [0, 0.1) is 5.92 Å². The van der Waals surface area contributed by atoms with Crippen LogP contribution in [0.2, 0.25) is 0 Å². The Morgan fingerprint density at radius 3 is 2.74 bits per heavy atom. The van der Waals surface area contributed by atoms with Crippen molar-refractivity contribution in [2.75, 3.05) is 6.54 Å². The third-order valence-electron chi connectivity index (χ3n) is 7.60. The summed E-state index contributed by atoms with van der Waals surface area (Å²) >= 11 is 0. The lowest BCUT2D eigenvalue weighted by atomic mass is 10.1. The molecule has 3 N–H and O–H groups in total. The SMILES string of the molecule is c1ccc(-c2cccc3[nH]c(-c4n[nH]c5ccc(-c6cncc(CNCC7CCCC7)c6)nc45)cc23)nc1. The highest BCUT2D eigenvalue weighted by molar-refractivity contribution is 6.00. The molecule has 1 fully saturated rings. The van der Waals surface area contributed by atoms with Crippen LogP contribution in [0.15, 0.2) is 79.3 Å². The molecule has 0 aliphatic heterocycles. The topological polar surface area (TPSA) is 95.2 Å². The summed E-state index contributed by atoms with van der Waals surface area (Å²) < 4.78 is 0. The van der Waals surface area contributed by atoms with E-state index in [9.17, 15) is 0 Å². The Hall–Kier alpha value is -4.36. The van der Waals surface area contributed by atoms with Crippen LogP contribution < -0.4 is 5.32 Å². The predicted molar refractivity (Wildman–Crippen MR) is 151 cm³/mol. The number of nitrogens with zero attached hydrogens (tertiary/aromatic N) is 4. The first-order chi connectivity index (χ1) is 18.8. The van der Waals surface area contributed by atoms with Crippen molar-refractivity contribution < 1.29 is 0 Å². The molecule has 0 spiro atoms. The van der Waals surface area contributed by atoms with Crippen LogP contribution in [0.3, 0.4) is 0 Å². The molecule has 5 aromatic heterocycles. The van der Waals surface area contributed by atoms with Crippen LogP contribution in [0.1, 0.15) is 31.2 Å². The second-order valence-corrected chi connectivity index (χ2v) is 10.2. The summed E-state index contributed by atoms with van der Waals surface area (Å²) in [6, 6.07) is 20.6. The van der Waals surface area contributed by atoms with Gasteiger partial charge >= 0.3 is 0 Å². The van der Waals surface area contributed by atoms with Crippen molar-refractivity contribution in [3.63, 3.8) is 0 Å². The zero-order chi connectivity index (χ0) is 25.3. The Morgan fingerprint density at radius 1 is 0.895 bits per heavy atom. The standard InChI is InChI=1S/C31H29N7/c1-2-7-20(6-1)16-32-17-21-14-22(19-33-18-21)25-11-12-28-30(36-25)31(38-37-28)29-15-24-23(8-5-10-27(24)35-29)26-9-3-4-13-34-26/h3-5,8-15,18-20,32,35H,1-2,6-7,16-17H2,(H,37,38). The summed E-state index contributed by atoms with van der Waals surface area (Å²) in [5.74, 6) is 0.819. The molecule has 0 radical (unpaired) electrons. The van der Waals surface area contributed by atoms with Crippen LogP contribution in [-0.2, 0) is 6.54 Å². The van der Waals surface area contributed by atoms with Gasteiger partial charge in [0, 0.05) is 47.2 Å².